The zero-order chi connectivity index (χ0) is 13.2. The van der Waals surface area contributed by atoms with Crippen LogP contribution in [0, 0.1) is 0 Å². The maximum atomic E-state index is 5.65. The fraction of sp³-hybridized carbons (Fsp3) is 0.0769. The molecule has 0 bridgehead atoms. The lowest BCUT2D eigenvalue weighted by atomic mass is 10.2. The maximum absolute atomic E-state index is 5.65. The van der Waals surface area contributed by atoms with Crippen LogP contribution in [0.2, 0.25) is 0 Å². The number of benzene rings is 1. The Kier molecular flexibility index (Phi) is 3.08. The maximum Gasteiger partial charge on any atom is 0.243 e. The molecule has 0 radical (unpaired) electrons. The number of aromatic nitrogens is 3. The van der Waals surface area contributed by atoms with E-state index in [1.54, 1.807) is 4.52 Å². The van der Waals surface area contributed by atoms with Crippen molar-refractivity contribution in [3.8, 4) is 0 Å². The number of halogens is 1. The van der Waals surface area contributed by atoms with Gasteiger partial charge in [-0.05, 0) is 45.8 Å². The molecule has 0 aliphatic carbocycles. The molecule has 5 nitrogen and oxygen atoms in total. The van der Waals surface area contributed by atoms with E-state index in [0.717, 1.165) is 21.4 Å². The summed E-state index contributed by atoms with van der Waals surface area (Å²) in [6.45, 7) is 0.665. The smallest absolute Gasteiger partial charge is 0.243 e. The van der Waals surface area contributed by atoms with Crippen LogP contribution in [0.1, 0.15) is 5.56 Å². The predicted molar refractivity (Wildman–Crippen MR) is 78.9 cm³/mol. The molecule has 96 valence electrons. The molecule has 0 aliphatic rings. The van der Waals surface area contributed by atoms with E-state index in [-0.39, 0.29) is 0 Å². The van der Waals surface area contributed by atoms with Crippen molar-refractivity contribution in [3.05, 3.63) is 52.6 Å². The van der Waals surface area contributed by atoms with Crippen LogP contribution in [-0.2, 0) is 6.54 Å². The minimum atomic E-state index is 0.606. The number of nitrogens with one attached hydrogen (secondary N) is 1. The lowest BCUT2D eigenvalue weighted by Crippen LogP contribution is -2.01. The Bertz CT molecular complexity index is 705. The Morgan fingerprint density at radius 1 is 1.16 bits per heavy atom. The van der Waals surface area contributed by atoms with Crippen LogP contribution in [-0.4, -0.2) is 14.6 Å². The van der Waals surface area contributed by atoms with Crippen molar-refractivity contribution in [3.63, 3.8) is 0 Å². The van der Waals surface area contributed by atoms with E-state index in [4.69, 9.17) is 5.73 Å². The average molecular weight is 318 g/mol. The van der Waals surface area contributed by atoms with Gasteiger partial charge in [0.1, 0.15) is 0 Å². The highest BCUT2D eigenvalue weighted by molar-refractivity contribution is 9.10. The molecule has 0 aliphatic heterocycles. The molecule has 0 unspecified atom stereocenters. The fourth-order valence-electron chi connectivity index (χ4n) is 1.75. The standard InChI is InChI=1S/C13H12BrN5/c14-10-3-6-12-17-13(18-19(12)8-10)16-7-9-1-4-11(15)5-2-9/h1-6,8H,7,15H2,(H,16,18). The summed E-state index contributed by atoms with van der Waals surface area (Å²) in [6, 6.07) is 11.6. The zero-order valence-corrected chi connectivity index (χ0v) is 11.6. The number of nitrogens with zero attached hydrogens (tertiary/aromatic N) is 3. The Labute approximate surface area is 118 Å². The van der Waals surface area contributed by atoms with Crippen molar-refractivity contribution in [1.82, 2.24) is 14.6 Å². The molecular formula is C13H12BrN5. The predicted octanol–water partition coefficient (Wildman–Crippen LogP) is 2.69. The number of nitrogen functional groups attached to an aromatic ring is 1. The van der Waals surface area contributed by atoms with Gasteiger partial charge in [-0.3, -0.25) is 0 Å². The third kappa shape index (κ3) is 2.68. The molecule has 0 spiro atoms. The molecule has 2 aromatic heterocycles. The van der Waals surface area contributed by atoms with Crippen molar-refractivity contribution in [2.45, 2.75) is 6.54 Å². The quantitative estimate of drug-likeness (QED) is 0.729. The van der Waals surface area contributed by atoms with E-state index in [2.05, 4.69) is 31.3 Å². The summed E-state index contributed by atoms with van der Waals surface area (Å²) in [6.07, 6.45) is 1.87. The largest absolute Gasteiger partial charge is 0.399 e. The first-order valence-electron chi connectivity index (χ1n) is 5.81. The summed E-state index contributed by atoms with van der Waals surface area (Å²) >= 11 is 3.40. The molecule has 0 saturated carbocycles. The molecule has 0 fully saturated rings. The number of anilines is 2. The SMILES string of the molecule is Nc1ccc(CNc2nc3ccc(Br)cn3n2)cc1. The van der Waals surface area contributed by atoms with Crippen molar-refractivity contribution >= 4 is 33.2 Å². The average Bonchev–Trinajstić information content (AvgIpc) is 2.80. The summed E-state index contributed by atoms with van der Waals surface area (Å²) in [4.78, 5) is 4.38. The summed E-state index contributed by atoms with van der Waals surface area (Å²) in [5.74, 6) is 0.606. The Balaban J connectivity index is 1.76. The highest BCUT2D eigenvalue weighted by Crippen LogP contribution is 2.13. The molecule has 6 heteroatoms. The Hall–Kier alpha value is -2.08. The van der Waals surface area contributed by atoms with E-state index in [1.807, 2.05) is 42.6 Å². The third-order valence-corrected chi connectivity index (χ3v) is 3.19. The van der Waals surface area contributed by atoms with E-state index in [9.17, 15) is 0 Å². The second-order valence-electron chi connectivity index (χ2n) is 4.18. The van der Waals surface area contributed by atoms with E-state index < -0.39 is 0 Å². The molecule has 19 heavy (non-hydrogen) atoms. The monoisotopic (exact) mass is 317 g/mol. The molecular weight excluding hydrogens is 306 g/mol. The Morgan fingerprint density at radius 2 is 1.95 bits per heavy atom. The van der Waals surface area contributed by atoms with Crippen LogP contribution in [0.3, 0.4) is 0 Å². The fourth-order valence-corrected chi connectivity index (χ4v) is 2.08. The van der Waals surface area contributed by atoms with Gasteiger partial charge in [0.25, 0.3) is 0 Å². The van der Waals surface area contributed by atoms with Crippen molar-refractivity contribution < 1.29 is 0 Å². The van der Waals surface area contributed by atoms with Gasteiger partial charge >= 0.3 is 0 Å². The van der Waals surface area contributed by atoms with Gasteiger partial charge in [-0.1, -0.05) is 12.1 Å². The number of hydrogen-bond acceptors (Lipinski definition) is 4. The summed E-state index contributed by atoms with van der Waals surface area (Å²) in [5, 5.41) is 7.54. The van der Waals surface area contributed by atoms with Crippen molar-refractivity contribution in [1.29, 1.82) is 0 Å². The van der Waals surface area contributed by atoms with Crippen molar-refractivity contribution in [2.24, 2.45) is 0 Å². The van der Waals surface area contributed by atoms with Gasteiger partial charge in [0.15, 0.2) is 5.65 Å². The highest BCUT2D eigenvalue weighted by Gasteiger charge is 2.03. The van der Waals surface area contributed by atoms with Gasteiger partial charge in [-0.25, -0.2) is 4.52 Å². The van der Waals surface area contributed by atoms with Gasteiger partial charge in [0, 0.05) is 22.9 Å². The first-order chi connectivity index (χ1) is 9.20. The van der Waals surface area contributed by atoms with Gasteiger partial charge in [0.2, 0.25) is 5.95 Å². The minimum absolute atomic E-state index is 0.606. The minimum Gasteiger partial charge on any atom is -0.399 e. The van der Waals surface area contributed by atoms with Crippen LogP contribution in [0.25, 0.3) is 5.65 Å². The first kappa shape index (κ1) is 12.0. The normalized spacial score (nSPS) is 10.8. The van der Waals surface area contributed by atoms with E-state index in [1.165, 1.54) is 0 Å². The van der Waals surface area contributed by atoms with Crippen LogP contribution in [0.4, 0.5) is 11.6 Å². The molecule has 3 rings (SSSR count). The molecule has 2 heterocycles. The lowest BCUT2D eigenvalue weighted by Gasteiger charge is -2.02. The molecule has 0 atom stereocenters. The molecule has 0 amide bonds. The number of hydrogen-bond donors (Lipinski definition) is 2. The van der Waals surface area contributed by atoms with E-state index in [0.29, 0.717) is 12.5 Å². The van der Waals surface area contributed by atoms with E-state index >= 15 is 0 Å². The zero-order valence-electron chi connectivity index (χ0n) is 10.0. The van der Waals surface area contributed by atoms with Gasteiger partial charge in [-0.2, -0.15) is 4.98 Å². The third-order valence-electron chi connectivity index (χ3n) is 2.73. The van der Waals surface area contributed by atoms with Gasteiger partial charge in [-0.15, -0.1) is 5.10 Å². The second-order valence-corrected chi connectivity index (χ2v) is 5.10. The topological polar surface area (TPSA) is 68.2 Å². The number of nitrogens with two attached hydrogens (primary N) is 1. The number of rotatable bonds is 3. The first-order valence-corrected chi connectivity index (χ1v) is 6.60. The Morgan fingerprint density at radius 3 is 2.74 bits per heavy atom. The van der Waals surface area contributed by atoms with Gasteiger partial charge < -0.3 is 11.1 Å². The number of fused-ring (bicyclic) bond motifs is 1. The van der Waals surface area contributed by atoms with Crippen LogP contribution < -0.4 is 11.1 Å². The highest BCUT2D eigenvalue weighted by atomic mass is 79.9. The van der Waals surface area contributed by atoms with Crippen LogP contribution in [0.5, 0.6) is 0 Å². The molecule has 3 N–H and O–H groups in total. The van der Waals surface area contributed by atoms with Crippen LogP contribution >= 0.6 is 15.9 Å². The second kappa shape index (κ2) is 4.89. The molecule has 1 aromatic carbocycles. The molecule has 3 aromatic rings. The summed E-state index contributed by atoms with van der Waals surface area (Å²) in [5.41, 5.74) is 8.35. The lowest BCUT2D eigenvalue weighted by molar-refractivity contribution is 0.946. The van der Waals surface area contributed by atoms with Crippen molar-refractivity contribution in [2.75, 3.05) is 11.1 Å². The molecule has 0 saturated heterocycles. The summed E-state index contributed by atoms with van der Waals surface area (Å²) < 4.78 is 2.70. The number of pyridine rings is 1. The summed E-state index contributed by atoms with van der Waals surface area (Å²) in [7, 11) is 0. The van der Waals surface area contributed by atoms with Gasteiger partial charge in [0.05, 0.1) is 0 Å². The van der Waals surface area contributed by atoms with Crippen LogP contribution in [0.15, 0.2) is 47.1 Å².